The summed E-state index contributed by atoms with van der Waals surface area (Å²) in [6.07, 6.45) is 0. The van der Waals surface area contributed by atoms with Crippen LogP contribution in [-0.4, -0.2) is 38.3 Å². The van der Waals surface area contributed by atoms with Crippen molar-refractivity contribution in [2.75, 3.05) is 32.2 Å². The van der Waals surface area contributed by atoms with E-state index in [1.165, 1.54) is 11.3 Å². The van der Waals surface area contributed by atoms with Crippen LogP contribution in [-0.2, 0) is 16.1 Å². The van der Waals surface area contributed by atoms with Gasteiger partial charge in [-0.05, 0) is 12.1 Å². The summed E-state index contributed by atoms with van der Waals surface area (Å²) in [5.74, 6) is -0.393. The van der Waals surface area contributed by atoms with Gasteiger partial charge >= 0.3 is 5.97 Å². The highest BCUT2D eigenvalue weighted by atomic mass is 32.1. The molecule has 0 aliphatic heterocycles. The maximum Gasteiger partial charge on any atom is 0.357 e. The van der Waals surface area contributed by atoms with Crippen molar-refractivity contribution in [3.63, 3.8) is 0 Å². The number of carbonyl (C=O) groups is 1. The molecule has 1 heterocycles. The Hall–Kier alpha value is -1.92. The van der Waals surface area contributed by atoms with Gasteiger partial charge in [0.1, 0.15) is 11.6 Å². The molecule has 2 rings (SSSR count). The minimum Gasteiger partial charge on any atom is -0.459 e. The third-order valence-corrected chi connectivity index (χ3v) is 3.71. The van der Waals surface area contributed by atoms with Crippen LogP contribution in [0.15, 0.2) is 35.7 Å². The van der Waals surface area contributed by atoms with Crippen molar-refractivity contribution in [2.24, 2.45) is 0 Å². The van der Waals surface area contributed by atoms with E-state index >= 15 is 0 Å². The van der Waals surface area contributed by atoms with Gasteiger partial charge in [-0.2, -0.15) is 0 Å². The molecule has 0 bridgehead atoms. The monoisotopic (exact) mass is 306 g/mol. The molecule has 6 heteroatoms. The van der Waals surface area contributed by atoms with E-state index < -0.39 is 5.97 Å². The zero-order valence-corrected chi connectivity index (χ0v) is 12.9. The largest absolute Gasteiger partial charge is 0.459 e. The van der Waals surface area contributed by atoms with Gasteiger partial charge < -0.3 is 14.4 Å². The lowest BCUT2D eigenvalue weighted by Gasteiger charge is -2.18. The number of para-hydroxylation sites is 1. The molecule has 5 nitrogen and oxygen atoms in total. The number of esters is 1. The number of benzene rings is 1. The Morgan fingerprint density at radius 2 is 2.10 bits per heavy atom. The third-order valence-electron chi connectivity index (χ3n) is 2.89. The van der Waals surface area contributed by atoms with Crippen LogP contribution in [0.5, 0.6) is 0 Å². The van der Waals surface area contributed by atoms with E-state index in [9.17, 15) is 4.79 Å². The first-order chi connectivity index (χ1) is 10.2. The molecule has 1 aromatic heterocycles. The molecule has 0 fully saturated rings. The van der Waals surface area contributed by atoms with Gasteiger partial charge in [-0.3, -0.25) is 0 Å². The van der Waals surface area contributed by atoms with E-state index in [2.05, 4.69) is 4.98 Å². The SMILES string of the molecule is COCc1nc(C(=O)OCCN(C)c2ccccc2)cs1. The highest BCUT2D eigenvalue weighted by Crippen LogP contribution is 2.12. The Morgan fingerprint density at radius 1 is 1.33 bits per heavy atom. The fraction of sp³-hybridized carbons (Fsp3) is 0.333. The van der Waals surface area contributed by atoms with Gasteiger partial charge in [-0.1, -0.05) is 18.2 Å². The number of likely N-dealkylation sites (N-methyl/N-ethyl adjacent to an activating group) is 1. The lowest BCUT2D eigenvalue weighted by molar-refractivity contribution is 0.0509. The molecule has 0 spiro atoms. The summed E-state index contributed by atoms with van der Waals surface area (Å²) >= 11 is 1.39. The van der Waals surface area contributed by atoms with Gasteiger partial charge in [-0.15, -0.1) is 11.3 Å². The first-order valence-electron chi connectivity index (χ1n) is 6.57. The quantitative estimate of drug-likeness (QED) is 0.736. The smallest absolute Gasteiger partial charge is 0.357 e. The second kappa shape index (κ2) is 7.75. The Kier molecular flexibility index (Phi) is 5.71. The average molecular weight is 306 g/mol. The zero-order valence-electron chi connectivity index (χ0n) is 12.1. The van der Waals surface area contributed by atoms with Gasteiger partial charge in [0.25, 0.3) is 0 Å². The highest BCUT2D eigenvalue weighted by Gasteiger charge is 2.12. The van der Waals surface area contributed by atoms with Crippen LogP contribution in [0.1, 0.15) is 15.5 Å². The summed E-state index contributed by atoms with van der Waals surface area (Å²) in [7, 11) is 3.56. The first kappa shape index (κ1) is 15.5. The Labute approximate surface area is 128 Å². The molecule has 21 heavy (non-hydrogen) atoms. The molecule has 0 radical (unpaired) electrons. The Bertz CT molecular complexity index is 571. The number of hydrogen-bond acceptors (Lipinski definition) is 6. The highest BCUT2D eigenvalue weighted by molar-refractivity contribution is 7.09. The molecular weight excluding hydrogens is 288 g/mol. The van der Waals surface area contributed by atoms with E-state index in [4.69, 9.17) is 9.47 Å². The fourth-order valence-corrected chi connectivity index (χ4v) is 2.49. The summed E-state index contributed by atoms with van der Waals surface area (Å²) < 4.78 is 10.2. The zero-order chi connectivity index (χ0) is 15.1. The number of thiazole rings is 1. The Balaban J connectivity index is 1.78. The van der Waals surface area contributed by atoms with Crippen LogP contribution in [0.2, 0.25) is 0 Å². The van der Waals surface area contributed by atoms with E-state index in [-0.39, 0.29) is 0 Å². The number of aromatic nitrogens is 1. The van der Waals surface area contributed by atoms with Crippen LogP contribution in [0.4, 0.5) is 5.69 Å². The molecule has 0 unspecified atom stereocenters. The molecule has 112 valence electrons. The van der Waals surface area contributed by atoms with Gasteiger partial charge in [0.2, 0.25) is 0 Å². The maximum atomic E-state index is 11.8. The second-order valence-electron chi connectivity index (χ2n) is 4.45. The van der Waals surface area contributed by atoms with Crippen molar-refractivity contribution in [3.05, 3.63) is 46.4 Å². The molecule has 0 saturated heterocycles. The normalized spacial score (nSPS) is 10.4. The van der Waals surface area contributed by atoms with Crippen molar-refractivity contribution in [1.29, 1.82) is 0 Å². The van der Waals surface area contributed by atoms with E-state index in [1.54, 1.807) is 12.5 Å². The topological polar surface area (TPSA) is 51.7 Å². The van der Waals surface area contributed by atoms with Gasteiger partial charge in [0.05, 0.1) is 13.2 Å². The number of nitrogens with zero attached hydrogens (tertiary/aromatic N) is 2. The number of carbonyl (C=O) groups excluding carboxylic acids is 1. The number of rotatable bonds is 7. The number of anilines is 1. The van der Waals surface area contributed by atoms with Crippen LogP contribution >= 0.6 is 11.3 Å². The van der Waals surface area contributed by atoms with Crippen molar-refractivity contribution >= 4 is 23.0 Å². The van der Waals surface area contributed by atoms with Crippen LogP contribution in [0.3, 0.4) is 0 Å². The van der Waals surface area contributed by atoms with E-state index in [0.717, 1.165) is 10.7 Å². The van der Waals surface area contributed by atoms with Crippen molar-refractivity contribution in [3.8, 4) is 0 Å². The predicted molar refractivity (Wildman–Crippen MR) is 82.8 cm³/mol. The van der Waals surface area contributed by atoms with Crippen LogP contribution in [0.25, 0.3) is 0 Å². The van der Waals surface area contributed by atoms with Crippen LogP contribution in [0, 0.1) is 0 Å². The molecule has 1 aromatic carbocycles. The molecule has 2 aromatic rings. The summed E-state index contributed by atoms with van der Waals surface area (Å²) in [4.78, 5) is 18.0. The maximum absolute atomic E-state index is 11.8. The molecule has 0 amide bonds. The molecule has 0 aliphatic rings. The summed E-state index contributed by atoms with van der Waals surface area (Å²) in [6, 6.07) is 9.95. The molecule has 0 N–H and O–H groups in total. The summed E-state index contributed by atoms with van der Waals surface area (Å²) in [5, 5.41) is 2.46. The summed E-state index contributed by atoms with van der Waals surface area (Å²) in [5.41, 5.74) is 1.43. The lowest BCUT2D eigenvalue weighted by atomic mass is 10.3. The van der Waals surface area contributed by atoms with Crippen molar-refractivity contribution in [1.82, 2.24) is 4.98 Å². The number of methoxy groups -OCH3 is 1. The van der Waals surface area contributed by atoms with Crippen molar-refractivity contribution in [2.45, 2.75) is 6.61 Å². The van der Waals surface area contributed by atoms with Gasteiger partial charge in [0.15, 0.2) is 5.69 Å². The van der Waals surface area contributed by atoms with Crippen molar-refractivity contribution < 1.29 is 14.3 Å². The van der Waals surface area contributed by atoms with Gasteiger partial charge in [0, 0.05) is 25.2 Å². The average Bonchev–Trinajstić information content (AvgIpc) is 2.97. The first-order valence-corrected chi connectivity index (χ1v) is 7.45. The van der Waals surface area contributed by atoms with Gasteiger partial charge in [-0.25, -0.2) is 9.78 Å². The lowest BCUT2D eigenvalue weighted by Crippen LogP contribution is -2.23. The third kappa shape index (κ3) is 4.54. The molecule has 0 aliphatic carbocycles. The minimum atomic E-state index is -0.393. The van der Waals surface area contributed by atoms with E-state index in [1.807, 2.05) is 42.3 Å². The Morgan fingerprint density at radius 3 is 2.81 bits per heavy atom. The molecule has 0 saturated carbocycles. The summed E-state index contributed by atoms with van der Waals surface area (Å²) in [6.45, 7) is 1.36. The standard InChI is InChI=1S/C15H18N2O3S/c1-17(12-6-4-3-5-7-12)8-9-20-15(18)13-11-21-14(16-13)10-19-2/h3-7,11H,8-10H2,1-2H3. The number of ether oxygens (including phenoxy) is 2. The minimum absolute atomic E-state index is 0.321. The predicted octanol–water partition coefficient (Wildman–Crippen LogP) is 2.58. The second-order valence-corrected chi connectivity index (χ2v) is 5.40. The molecular formula is C15H18N2O3S. The molecule has 0 atom stereocenters. The fourth-order valence-electron chi connectivity index (χ4n) is 1.76. The number of hydrogen-bond donors (Lipinski definition) is 0. The van der Waals surface area contributed by atoms with Crippen LogP contribution < -0.4 is 4.90 Å². The van der Waals surface area contributed by atoms with E-state index in [0.29, 0.717) is 25.5 Å².